The minimum absolute atomic E-state index is 0.161. The highest BCUT2D eigenvalue weighted by atomic mass is 16.4. The van der Waals surface area contributed by atoms with E-state index >= 15 is 0 Å². The number of carboxylic acids is 1. The van der Waals surface area contributed by atoms with Crippen molar-refractivity contribution in [2.45, 2.75) is 25.1 Å². The molecule has 1 saturated heterocycles. The van der Waals surface area contributed by atoms with Gasteiger partial charge in [0, 0.05) is 19.5 Å². The monoisotopic (exact) mass is 237 g/mol. The molecule has 3 N–H and O–H groups in total. The van der Waals surface area contributed by atoms with E-state index in [2.05, 4.69) is 0 Å². The number of benzene rings is 1. The lowest BCUT2D eigenvalue weighted by Crippen LogP contribution is -2.35. The van der Waals surface area contributed by atoms with Crippen LogP contribution in [0.1, 0.15) is 12.0 Å². The molecule has 0 aliphatic carbocycles. The lowest BCUT2D eigenvalue weighted by atomic mass is 10.1. The maximum atomic E-state index is 11.0. The fourth-order valence-electron chi connectivity index (χ4n) is 2.20. The van der Waals surface area contributed by atoms with Crippen LogP contribution in [0, 0.1) is 0 Å². The molecule has 0 saturated carbocycles. The molecule has 92 valence electrons. The zero-order valence-electron chi connectivity index (χ0n) is 9.28. The van der Waals surface area contributed by atoms with E-state index in [9.17, 15) is 15.0 Å². The first kappa shape index (κ1) is 11.9. The van der Waals surface area contributed by atoms with Crippen molar-refractivity contribution in [1.29, 1.82) is 0 Å². The summed E-state index contributed by atoms with van der Waals surface area (Å²) in [7, 11) is 0. The van der Waals surface area contributed by atoms with E-state index < -0.39 is 18.1 Å². The molecular formula is C12H15NO4. The van der Waals surface area contributed by atoms with Crippen LogP contribution in [0.2, 0.25) is 0 Å². The van der Waals surface area contributed by atoms with E-state index in [4.69, 9.17) is 5.11 Å². The molecule has 5 heteroatoms. The molecule has 5 nitrogen and oxygen atoms in total. The Kier molecular flexibility index (Phi) is 3.31. The van der Waals surface area contributed by atoms with Crippen LogP contribution in [-0.2, 0) is 11.3 Å². The number of phenols is 1. The van der Waals surface area contributed by atoms with Crippen LogP contribution in [-0.4, -0.2) is 44.9 Å². The number of aliphatic carboxylic acids is 1. The van der Waals surface area contributed by atoms with Crippen molar-refractivity contribution in [3.8, 4) is 5.75 Å². The first-order valence-corrected chi connectivity index (χ1v) is 5.49. The van der Waals surface area contributed by atoms with Gasteiger partial charge in [0.2, 0.25) is 0 Å². The number of β-amino-alcohol motifs (C(OH)–C–C–N with tert-alkyl or cyclic N) is 1. The largest absolute Gasteiger partial charge is 0.508 e. The van der Waals surface area contributed by atoms with Crippen LogP contribution in [0.5, 0.6) is 5.75 Å². The minimum Gasteiger partial charge on any atom is -0.508 e. The molecule has 17 heavy (non-hydrogen) atoms. The Balaban J connectivity index is 2.09. The van der Waals surface area contributed by atoms with Gasteiger partial charge in [-0.05, 0) is 17.7 Å². The van der Waals surface area contributed by atoms with Crippen molar-refractivity contribution < 1.29 is 20.1 Å². The van der Waals surface area contributed by atoms with Gasteiger partial charge in [-0.3, -0.25) is 9.69 Å². The van der Waals surface area contributed by atoms with Gasteiger partial charge in [-0.25, -0.2) is 0 Å². The van der Waals surface area contributed by atoms with Gasteiger partial charge < -0.3 is 15.3 Å². The third-order valence-corrected chi connectivity index (χ3v) is 2.96. The lowest BCUT2D eigenvalue weighted by molar-refractivity contribution is -0.142. The van der Waals surface area contributed by atoms with Gasteiger partial charge in [0.1, 0.15) is 11.8 Å². The van der Waals surface area contributed by atoms with E-state index in [0.717, 1.165) is 5.56 Å². The summed E-state index contributed by atoms with van der Waals surface area (Å²) in [6, 6.07) is 6.06. The number of carbonyl (C=O) groups is 1. The van der Waals surface area contributed by atoms with Gasteiger partial charge in [0.05, 0.1) is 6.10 Å². The second kappa shape index (κ2) is 4.73. The summed E-state index contributed by atoms with van der Waals surface area (Å²) >= 11 is 0. The van der Waals surface area contributed by atoms with Gasteiger partial charge in [-0.15, -0.1) is 0 Å². The van der Waals surface area contributed by atoms with Crippen LogP contribution in [0.3, 0.4) is 0 Å². The number of hydrogen-bond acceptors (Lipinski definition) is 4. The third-order valence-electron chi connectivity index (χ3n) is 2.96. The standard InChI is InChI=1S/C12H15NO4/c14-9-3-1-2-8(4-9)6-13-7-10(15)5-11(13)12(16)17/h1-4,10-11,14-15H,5-7H2,(H,16,17). The third kappa shape index (κ3) is 2.75. The molecule has 0 radical (unpaired) electrons. The van der Waals surface area contributed by atoms with E-state index in [1.807, 2.05) is 6.07 Å². The fourth-order valence-corrected chi connectivity index (χ4v) is 2.20. The summed E-state index contributed by atoms with van der Waals surface area (Å²) in [6.45, 7) is 0.773. The van der Waals surface area contributed by atoms with Crippen LogP contribution in [0.4, 0.5) is 0 Å². The van der Waals surface area contributed by atoms with Crippen LogP contribution in [0.25, 0.3) is 0 Å². The molecule has 0 amide bonds. The van der Waals surface area contributed by atoms with Crippen LogP contribution in [0.15, 0.2) is 24.3 Å². The van der Waals surface area contributed by atoms with Crippen molar-refractivity contribution in [3.05, 3.63) is 29.8 Å². The normalized spacial score (nSPS) is 25.0. The summed E-state index contributed by atoms with van der Waals surface area (Å²) in [5, 5.41) is 27.9. The van der Waals surface area contributed by atoms with Crippen molar-refractivity contribution >= 4 is 5.97 Å². The summed E-state index contributed by atoms with van der Waals surface area (Å²) in [5.74, 6) is -0.754. The molecule has 0 spiro atoms. The quantitative estimate of drug-likeness (QED) is 0.709. The highest BCUT2D eigenvalue weighted by Crippen LogP contribution is 2.22. The molecule has 1 aliphatic rings. The number of hydrogen-bond donors (Lipinski definition) is 3. The number of phenolic OH excluding ortho intramolecular Hbond substituents is 1. The number of aromatic hydroxyl groups is 1. The van der Waals surface area contributed by atoms with E-state index in [1.165, 1.54) is 0 Å². The molecule has 1 aromatic rings. The first-order valence-electron chi connectivity index (χ1n) is 5.49. The zero-order valence-corrected chi connectivity index (χ0v) is 9.28. The van der Waals surface area contributed by atoms with E-state index in [-0.39, 0.29) is 12.2 Å². The average molecular weight is 237 g/mol. The molecule has 0 aromatic heterocycles. The Morgan fingerprint density at radius 1 is 1.47 bits per heavy atom. The number of aliphatic hydroxyl groups is 1. The van der Waals surface area contributed by atoms with Gasteiger partial charge in [-0.2, -0.15) is 0 Å². The Labute approximate surface area is 98.9 Å². The van der Waals surface area contributed by atoms with Gasteiger partial charge in [-0.1, -0.05) is 12.1 Å². The molecule has 1 aliphatic heterocycles. The van der Waals surface area contributed by atoms with Crippen molar-refractivity contribution in [2.24, 2.45) is 0 Å². The molecule has 2 rings (SSSR count). The summed E-state index contributed by atoms with van der Waals surface area (Å²) in [6.07, 6.45) is -0.331. The fraction of sp³-hybridized carbons (Fsp3) is 0.417. The Morgan fingerprint density at radius 2 is 2.24 bits per heavy atom. The number of rotatable bonds is 3. The average Bonchev–Trinajstić information content (AvgIpc) is 2.59. The molecule has 1 fully saturated rings. The predicted octanol–water partition coefficient (Wildman–Crippen LogP) is 0.412. The summed E-state index contributed by atoms with van der Waals surface area (Å²) in [4.78, 5) is 12.7. The first-order chi connectivity index (χ1) is 8.06. The highest BCUT2D eigenvalue weighted by molar-refractivity contribution is 5.74. The Bertz CT molecular complexity index is 421. The van der Waals surface area contributed by atoms with E-state index in [1.54, 1.807) is 23.1 Å². The van der Waals surface area contributed by atoms with Crippen LogP contribution < -0.4 is 0 Å². The van der Waals surface area contributed by atoms with E-state index in [0.29, 0.717) is 13.1 Å². The molecule has 2 atom stereocenters. The Hall–Kier alpha value is -1.59. The van der Waals surface area contributed by atoms with Gasteiger partial charge in [0.25, 0.3) is 0 Å². The number of carboxylic acid groups (broad SMARTS) is 1. The van der Waals surface area contributed by atoms with Crippen molar-refractivity contribution in [2.75, 3.05) is 6.54 Å². The second-order valence-corrected chi connectivity index (χ2v) is 4.34. The molecule has 1 heterocycles. The summed E-state index contributed by atoms with van der Waals surface area (Å²) in [5.41, 5.74) is 0.838. The van der Waals surface area contributed by atoms with Gasteiger partial charge >= 0.3 is 5.97 Å². The smallest absolute Gasteiger partial charge is 0.321 e. The van der Waals surface area contributed by atoms with Crippen LogP contribution >= 0.6 is 0 Å². The number of likely N-dealkylation sites (tertiary alicyclic amines) is 1. The second-order valence-electron chi connectivity index (χ2n) is 4.34. The molecule has 1 aromatic carbocycles. The van der Waals surface area contributed by atoms with Crippen molar-refractivity contribution in [1.82, 2.24) is 4.90 Å². The number of nitrogens with zero attached hydrogens (tertiary/aromatic N) is 1. The maximum absolute atomic E-state index is 11.0. The zero-order chi connectivity index (χ0) is 12.4. The predicted molar refractivity (Wildman–Crippen MR) is 60.6 cm³/mol. The maximum Gasteiger partial charge on any atom is 0.321 e. The van der Waals surface area contributed by atoms with Crippen molar-refractivity contribution in [3.63, 3.8) is 0 Å². The Morgan fingerprint density at radius 3 is 2.88 bits per heavy atom. The molecule has 2 unspecified atom stereocenters. The molecule has 0 bridgehead atoms. The minimum atomic E-state index is -0.915. The molecular weight excluding hydrogens is 222 g/mol. The highest BCUT2D eigenvalue weighted by Gasteiger charge is 2.35. The SMILES string of the molecule is O=C(O)C1CC(O)CN1Cc1cccc(O)c1. The lowest BCUT2D eigenvalue weighted by Gasteiger charge is -2.20. The summed E-state index contributed by atoms with van der Waals surface area (Å²) < 4.78 is 0. The van der Waals surface area contributed by atoms with Gasteiger partial charge in [0.15, 0.2) is 0 Å². The topological polar surface area (TPSA) is 81.0 Å². The number of aliphatic hydroxyl groups excluding tert-OH is 1.